The molecule has 0 aliphatic heterocycles. The van der Waals surface area contributed by atoms with Gasteiger partial charge in [-0.25, -0.2) is 0 Å². The molecule has 0 radical (unpaired) electrons. The van der Waals surface area contributed by atoms with Crippen molar-refractivity contribution in [2.45, 2.75) is 62.9 Å². The highest BCUT2D eigenvalue weighted by atomic mass is 16.2. The molecule has 4 fully saturated rings. The van der Waals surface area contributed by atoms with Gasteiger partial charge in [0.25, 0.3) is 0 Å². The van der Waals surface area contributed by atoms with E-state index >= 15 is 0 Å². The topological polar surface area (TPSA) is 98.2 Å². The lowest BCUT2D eigenvalue weighted by Crippen LogP contribution is -2.59. The molecule has 20 heavy (non-hydrogen) atoms. The molecule has 0 saturated heterocycles. The fourth-order valence-corrected chi connectivity index (χ4v) is 5.05. The first-order valence-corrected chi connectivity index (χ1v) is 7.82. The van der Waals surface area contributed by atoms with Crippen LogP contribution >= 0.6 is 0 Å². The normalized spacial score (nSPS) is 39.5. The number of amides is 2. The van der Waals surface area contributed by atoms with E-state index < -0.39 is 11.9 Å². The molecule has 4 saturated carbocycles. The minimum atomic E-state index is -0.711. The van der Waals surface area contributed by atoms with E-state index in [1.807, 2.05) is 0 Å². The molecule has 4 bridgehead atoms. The summed E-state index contributed by atoms with van der Waals surface area (Å²) in [6.07, 6.45) is 8.16. The van der Waals surface area contributed by atoms with Crippen molar-refractivity contribution in [2.24, 2.45) is 29.2 Å². The zero-order chi connectivity index (χ0) is 14.3. The van der Waals surface area contributed by atoms with Crippen LogP contribution in [-0.2, 0) is 9.59 Å². The number of nitrogens with one attached hydrogen (secondary N) is 1. The predicted octanol–water partition coefficient (Wildman–Crippen LogP) is 0.664. The van der Waals surface area contributed by atoms with Gasteiger partial charge in [0, 0.05) is 12.0 Å². The van der Waals surface area contributed by atoms with E-state index in [2.05, 4.69) is 5.32 Å². The highest BCUT2D eigenvalue weighted by Crippen LogP contribution is 2.55. The Morgan fingerprint density at radius 2 is 1.60 bits per heavy atom. The molecule has 4 rings (SSSR count). The fourth-order valence-electron chi connectivity index (χ4n) is 5.05. The van der Waals surface area contributed by atoms with Crippen LogP contribution in [0.3, 0.4) is 0 Å². The molecule has 0 aromatic carbocycles. The quantitative estimate of drug-likeness (QED) is 0.689. The predicted molar refractivity (Wildman–Crippen MR) is 75.4 cm³/mol. The zero-order valence-electron chi connectivity index (χ0n) is 11.9. The van der Waals surface area contributed by atoms with Crippen LogP contribution in [0, 0.1) is 17.8 Å². The van der Waals surface area contributed by atoms with E-state index in [9.17, 15) is 9.59 Å². The molecule has 4 aliphatic carbocycles. The van der Waals surface area contributed by atoms with Crippen LogP contribution in [-0.4, -0.2) is 23.4 Å². The summed E-state index contributed by atoms with van der Waals surface area (Å²) in [4.78, 5) is 23.0. The van der Waals surface area contributed by atoms with Gasteiger partial charge in [-0.05, 0) is 62.7 Å². The Kier molecular flexibility index (Phi) is 3.48. The third kappa shape index (κ3) is 2.68. The van der Waals surface area contributed by atoms with Crippen LogP contribution in [0.25, 0.3) is 0 Å². The van der Waals surface area contributed by atoms with E-state index in [1.54, 1.807) is 0 Å². The van der Waals surface area contributed by atoms with Crippen LogP contribution in [0.4, 0.5) is 0 Å². The standard InChI is InChI=1S/C15H25N3O2/c16-12(14(17)20)1-2-13(19)18-15-6-9-3-10(7-15)5-11(4-9)8-15/h9-12H,1-8,16H2,(H2,17,20)(H,18,19)/t9?,10?,11?,12-,15?/m1/s1. The third-order valence-corrected chi connectivity index (χ3v) is 5.49. The van der Waals surface area contributed by atoms with Crippen LogP contribution in [0.5, 0.6) is 0 Å². The van der Waals surface area contributed by atoms with Gasteiger partial charge in [0.1, 0.15) is 0 Å². The number of hydrogen-bond donors (Lipinski definition) is 3. The van der Waals surface area contributed by atoms with Crippen LogP contribution in [0.15, 0.2) is 0 Å². The van der Waals surface area contributed by atoms with Crippen molar-refractivity contribution in [1.29, 1.82) is 0 Å². The van der Waals surface area contributed by atoms with Gasteiger partial charge in [0.05, 0.1) is 6.04 Å². The number of rotatable bonds is 5. The molecular weight excluding hydrogens is 254 g/mol. The van der Waals surface area contributed by atoms with Gasteiger partial charge in [0.2, 0.25) is 11.8 Å². The summed E-state index contributed by atoms with van der Waals surface area (Å²) < 4.78 is 0. The highest BCUT2D eigenvalue weighted by molar-refractivity contribution is 5.81. The lowest BCUT2D eigenvalue weighted by atomic mass is 9.53. The molecule has 112 valence electrons. The van der Waals surface area contributed by atoms with Crippen molar-refractivity contribution in [3.63, 3.8) is 0 Å². The van der Waals surface area contributed by atoms with E-state index in [-0.39, 0.29) is 11.4 Å². The molecule has 5 N–H and O–H groups in total. The largest absolute Gasteiger partial charge is 0.368 e. The second-order valence-electron chi connectivity index (χ2n) is 7.29. The molecule has 4 aliphatic rings. The number of hydrogen-bond acceptors (Lipinski definition) is 3. The summed E-state index contributed by atoms with van der Waals surface area (Å²) in [6.45, 7) is 0. The van der Waals surface area contributed by atoms with Gasteiger partial charge >= 0.3 is 0 Å². The molecule has 2 amide bonds. The Bertz CT molecular complexity index is 386. The lowest BCUT2D eigenvalue weighted by Gasteiger charge is -2.57. The molecule has 5 nitrogen and oxygen atoms in total. The van der Waals surface area contributed by atoms with Gasteiger partial charge < -0.3 is 16.8 Å². The van der Waals surface area contributed by atoms with Gasteiger partial charge in [-0.15, -0.1) is 0 Å². The number of carbonyl (C=O) groups is 2. The summed E-state index contributed by atoms with van der Waals surface area (Å²) in [5, 5.41) is 3.27. The number of carbonyl (C=O) groups excluding carboxylic acids is 2. The Hall–Kier alpha value is -1.10. The molecule has 0 spiro atoms. The molecule has 1 atom stereocenters. The third-order valence-electron chi connectivity index (χ3n) is 5.49. The summed E-state index contributed by atoms with van der Waals surface area (Å²) in [5.74, 6) is 1.94. The van der Waals surface area contributed by atoms with Crippen LogP contribution in [0.2, 0.25) is 0 Å². The van der Waals surface area contributed by atoms with Crippen LogP contribution < -0.4 is 16.8 Å². The maximum absolute atomic E-state index is 12.1. The minimum absolute atomic E-state index is 0.0312. The second kappa shape index (κ2) is 5.02. The summed E-state index contributed by atoms with van der Waals surface area (Å²) in [6, 6.07) is -0.711. The van der Waals surface area contributed by atoms with Gasteiger partial charge in [0.15, 0.2) is 0 Å². The average Bonchev–Trinajstić information content (AvgIpc) is 2.33. The second-order valence-corrected chi connectivity index (χ2v) is 7.29. The fraction of sp³-hybridized carbons (Fsp3) is 0.867. The van der Waals surface area contributed by atoms with E-state index in [1.165, 1.54) is 19.3 Å². The van der Waals surface area contributed by atoms with Gasteiger partial charge in [-0.1, -0.05) is 0 Å². The van der Waals surface area contributed by atoms with Crippen molar-refractivity contribution in [2.75, 3.05) is 0 Å². The maximum Gasteiger partial charge on any atom is 0.234 e. The van der Waals surface area contributed by atoms with Crippen molar-refractivity contribution in [3.05, 3.63) is 0 Å². The maximum atomic E-state index is 12.1. The first kappa shape index (κ1) is 13.9. The Morgan fingerprint density at radius 3 is 2.05 bits per heavy atom. The van der Waals surface area contributed by atoms with Gasteiger partial charge in [-0.2, -0.15) is 0 Å². The van der Waals surface area contributed by atoms with E-state index in [4.69, 9.17) is 11.5 Å². The van der Waals surface area contributed by atoms with E-state index in [0.717, 1.165) is 37.0 Å². The average molecular weight is 279 g/mol. The Labute approximate surface area is 119 Å². The summed E-state index contributed by atoms with van der Waals surface area (Å²) >= 11 is 0. The van der Waals surface area contributed by atoms with Gasteiger partial charge in [-0.3, -0.25) is 9.59 Å². The van der Waals surface area contributed by atoms with E-state index in [0.29, 0.717) is 12.8 Å². The molecule has 0 heterocycles. The molecule has 0 aromatic heterocycles. The van der Waals surface area contributed by atoms with Crippen molar-refractivity contribution in [3.8, 4) is 0 Å². The Balaban J connectivity index is 1.55. The monoisotopic (exact) mass is 279 g/mol. The first-order chi connectivity index (χ1) is 9.46. The highest BCUT2D eigenvalue weighted by Gasteiger charge is 2.51. The van der Waals surface area contributed by atoms with Crippen LogP contribution in [0.1, 0.15) is 51.4 Å². The molecule has 0 aromatic rings. The van der Waals surface area contributed by atoms with Crippen molar-refractivity contribution in [1.82, 2.24) is 5.32 Å². The smallest absolute Gasteiger partial charge is 0.234 e. The molecule has 5 heteroatoms. The Morgan fingerprint density at radius 1 is 1.10 bits per heavy atom. The number of nitrogens with two attached hydrogens (primary N) is 2. The zero-order valence-corrected chi connectivity index (χ0v) is 11.9. The SMILES string of the molecule is NC(=O)[C@H](N)CCC(=O)NC12CC3CC(CC(C3)C1)C2. The molecular formula is C15H25N3O2. The minimum Gasteiger partial charge on any atom is -0.368 e. The lowest BCUT2D eigenvalue weighted by molar-refractivity contribution is -0.127. The summed E-state index contributed by atoms with van der Waals surface area (Å²) in [5.41, 5.74) is 10.7. The number of primary amides is 1. The summed E-state index contributed by atoms with van der Waals surface area (Å²) in [7, 11) is 0. The van der Waals surface area contributed by atoms with Crippen molar-refractivity contribution < 1.29 is 9.59 Å². The molecule has 0 unspecified atom stereocenters. The first-order valence-electron chi connectivity index (χ1n) is 7.82. The van der Waals surface area contributed by atoms with Crippen molar-refractivity contribution >= 4 is 11.8 Å².